The van der Waals surface area contributed by atoms with Gasteiger partial charge in [-0.2, -0.15) is 4.31 Å². The van der Waals surface area contributed by atoms with E-state index in [0.29, 0.717) is 0 Å². The number of nitrogens with one attached hydrogen (secondary N) is 1. The number of hydrogen-bond donors (Lipinski definition) is 2. The van der Waals surface area contributed by atoms with Crippen molar-refractivity contribution in [3.05, 3.63) is 0 Å². The molecule has 118 valence electrons. The lowest BCUT2D eigenvalue weighted by atomic mass is 10.2. The van der Waals surface area contributed by atoms with Gasteiger partial charge in [0.25, 0.3) is 10.0 Å². The first-order chi connectivity index (χ1) is 9.82. The molecular weight excluding hydrogens is 318 g/mol. The van der Waals surface area contributed by atoms with Crippen LogP contribution in [-0.4, -0.2) is 60.7 Å². The minimum Gasteiger partial charge on any atom is -0.371 e. The smallest absolute Gasteiger partial charge is 0.272 e. The van der Waals surface area contributed by atoms with Crippen molar-refractivity contribution < 1.29 is 17.9 Å². The summed E-state index contributed by atoms with van der Waals surface area (Å²) in [6, 6.07) is 0. The van der Waals surface area contributed by atoms with Gasteiger partial charge < -0.3 is 15.8 Å². The van der Waals surface area contributed by atoms with E-state index in [-0.39, 0.29) is 47.2 Å². The van der Waals surface area contributed by atoms with Gasteiger partial charge >= 0.3 is 0 Å². The molecular formula is C10H17N5O4S2. The van der Waals surface area contributed by atoms with E-state index in [1.165, 1.54) is 11.2 Å². The summed E-state index contributed by atoms with van der Waals surface area (Å²) in [7, 11) is -3.76. The lowest BCUT2D eigenvalue weighted by Crippen LogP contribution is -2.51. The molecule has 1 saturated heterocycles. The second-order valence-corrected chi connectivity index (χ2v) is 7.77. The third kappa shape index (κ3) is 3.74. The Bertz CT molecular complexity index is 617. The molecule has 1 amide bonds. The topological polar surface area (TPSA) is 128 Å². The molecule has 21 heavy (non-hydrogen) atoms. The number of nitrogens with two attached hydrogens (primary N) is 1. The Hall–Kier alpha value is -1.14. The first-order valence-electron chi connectivity index (χ1n) is 6.29. The number of hydrogen-bond acceptors (Lipinski definition) is 8. The Balaban J connectivity index is 2.20. The van der Waals surface area contributed by atoms with Gasteiger partial charge in [-0.1, -0.05) is 11.3 Å². The summed E-state index contributed by atoms with van der Waals surface area (Å²) in [6.07, 6.45) is -0.587. The van der Waals surface area contributed by atoms with E-state index >= 15 is 0 Å². The Morgan fingerprint density at radius 3 is 2.86 bits per heavy atom. The Labute approximate surface area is 126 Å². The number of carbonyl (C=O) groups is 1. The van der Waals surface area contributed by atoms with Crippen LogP contribution in [0.3, 0.4) is 0 Å². The molecule has 0 aliphatic carbocycles. The number of sulfonamides is 1. The zero-order chi connectivity index (χ0) is 15.6. The van der Waals surface area contributed by atoms with Gasteiger partial charge in [-0.3, -0.25) is 4.79 Å². The van der Waals surface area contributed by atoms with Crippen molar-refractivity contribution in [1.29, 1.82) is 0 Å². The van der Waals surface area contributed by atoms with Gasteiger partial charge in [0.05, 0.1) is 12.2 Å². The number of morpholine rings is 1. The Morgan fingerprint density at radius 2 is 2.24 bits per heavy atom. The van der Waals surface area contributed by atoms with Gasteiger partial charge in [0.2, 0.25) is 15.4 Å². The van der Waals surface area contributed by atoms with Crippen molar-refractivity contribution in [2.75, 3.05) is 25.0 Å². The predicted octanol–water partition coefficient (Wildman–Crippen LogP) is -0.767. The Morgan fingerprint density at radius 1 is 1.52 bits per heavy atom. The minimum absolute atomic E-state index is 0.151. The van der Waals surface area contributed by atoms with Crippen LogP contribution in [0.5, 0.6) is 0 Å². The fourth-order valence-electron chi connectivity index (χ4n) is 1.95. The van der Waals surface area contributed by atoms with Crippen LogP contribution in [-0.2, 0) is 19.6 Å². The molecule has 2 rings (SSSR count). The van der Waals surface area contributed by atoms with Crippen molar-refractivity contribution in [3.8, 4) is 0 Å². The molecule has 1 aliphatic heterocycles. The van der Waals surface area contributed by atoms with Gasteiger partial charge in [0, 0.05) is 26.6 Å². The molecule has 1 aromatic rings. The van der Waals surface area contributed by atoms with Gasteiger partial charge in [-0.05, 0) is 6.92 Å². The van der Waals surface area contributed by atoms with E-state index in [1.807, 2.05) is 0 Å². The summed E-state index contributed by atoms with van der Waals surface area (Å²) in [4.78, 5) is 10.9. The highest BCUT2D eigenvalue weighted by Crippen LogP contribution is 2.25. The van der Waals surface area contributed by atoms with Crippen LogP contribution in [0.15, 0.2) is 4.34 Å². The summed E-state index contributed by atoms with van der Waals surface area (Å²) in [5.74, 6) is -0.335. The zero-order valence-electron chi connectivity index (χ0n) is 11.6. The molecule has 3 N–H and O–H groups in total. The first-order valence-corrected chi connectivity index (χ1v) is 8.55. The van der Waals surface area contributed by atoms with Gasteiger partial charge in [-0.25, -0.2) is 8.42 Å². The fraction of sp³-hybridized carbons (Fsp3) is 0.700. The lowest BCUT2D eigenvalue weighted by Gasteiger charge is -2.34. The van der Waals surface area contributed by atoms with E-state index in [1.54, 1.807) is 6.92 Å². The van der Waals surface area contributed by atoms with Crippen LogP contribution in [0.4, 0.5) is 5.13 Å². The third-order valence-electron chi connectivity index (χ3n) is 2.81. The molecule has 2 heterocycles. The maximum Gasteiger partial charge on any atom is 0.272 e. The van der Waals surface area contributed by atoms with Crippen LogP contribution in [0.1, 0.15) is 13.8 Å². The average molecular weight is 335 g/mol. The van der Waals surface area contributed by atoms with Crippen LogP contribution >= 0.6 is 11.3 Å². The van der Waals surface area contributed by atoms with Crippen molar-refractivity contribution in [2.24, 2.45) is 5.73 Å². The number of rotatable bonds is 4. The predicted molar refractivity (Wildman–Crippen MR) is 76.4 cm³/mol. The van der Waals surface area contributed by atoms with Crippen molar-refractivity contribution in [3.63, 3.8) is 0 Å². The number of anilines is 1. The molecule has 0 saturated carbocycles. The van der Waals surface area contributed by atoms with Crippen LogP contribution in [0.25, 0.3) is 0 Å². The number of aromatic nitrogens is 2. The monoisotopic (exact) mass is 335 g/mol. The highest BCUT2D eigenvalue weighted by molar-refractivity contribution is 7.91. The molecule has 9 nitrogen and oxygen atoms in total. The third-order valence-corrected chi connectivity index (χ3v) is 5.82. The van der Waals surface area contributed by atoms with Crippen LogP contribution < -0.4 is 11.1 Å². The molecule has 1 fully saturated rings. The maximum absolute atomic E-state index is 12.5. The standard InChI is InChI=1S/C10H17N5O4S2/c1-6-4-15(5-8(3-11)19-6)21(17,18)10-14-13-9(20-10)12-7(2)16/h6,8H,3-5,11H2,1-2H3,(H,12,13,16). The van der Waals surface area contributed by atoms with Crippen molar-refractivity contribution >= 4 is 32.4 Å². The van der Waals surface area contributed by atoms with E-state index in [9.17, 15) is 13.2 Å². The highest BCUT2D eigenvalue weighted by atomic mass is 32.2. The number of carbonyl (C=O) groups excluding carboxylic acids is 1. The SMILES string of the molecule is CC(=O)Nc1nnc(S(=O)(=O)N2CC(C)OC(CN)C2)s1. The number of ether oxygens (including phenoxy) is 1. The van der Waals surface area contributed by atoms with Crippen LogP contribution in [0.2, 0.25) is 0 Å². The second kappa shape index (κ2) is 6.32. The maximum atomic E-state index is 12.5. The quantitative estimate of drug-likeness (QED) is 0.692. The van der Waals surface area contributed by atoms with Crippen LogP contribution in [0, 0.1) is 0 Å². The van der Waals surface area contributed by atoms with Crippen molar-refractivity contribution in [2.45, 2.75) is 30.4 Å². The van der Waals surface area contributed by atoms with Gasteiger partial charge in [-0.15, -0.1) is 10.2 Å². The number of amides is 1. The summed E-state index contributed by atoms with van der Waals surface area (Å²) >= 11 is 0.816. The zero-order valence-corrected chi connectivity index (χ0v) is 13.3. The summed E-state index contributed by atoms with van der Waals surface area (Å²) in [6.45, 7) is 3.74. The number of nitrogens with zero attached hydrogens (tertiary/aromatic N) is 3. The summed E-state index contributed by atoms with van der Waals surface area (Å²) < 4.78 is 31.7. The second-order valence-electron chi connectivity index (χ2n) is 4.68. The summed E-state index contributed by atoms with van der Waals surface area (Å²) in [5.41, 5.74) is 5.55. The van der Waals surface area contributed by atoms with Crippen molar-refractivity contribution in [1.82, 2.24) is 14.5 Å². The molecule has 2 unspecified atom stereocenters. The molecule has 1 aliphatic rings. The van der Waals surface area contributed by atoms with Gasteiger partial charge in [0.1, 0.15) is 0 Å². The minimum atomic E-state index is -3.76. The molecule has 0 spiro atoms. The lowest BCUT2D eigenvalue weighted by molar-refractivity contribution is -0.114. The highest BCUT2D eigenvalue weighted by Gasteiger charge is 2.35. The average Bonchev–Trinajstić information content (AvgIpc) is 2.86. The first kappa shape index (κ1) is 16.2. The fourth-order valence-corrected chi connectivity index (χ4v) is 4.59. The van der Waals surface area contributed by atoms with E-state index in [2.05, 4.69) is 15.5 Å². The van der Waals surface area contributed by atoms with E-state index in [4.69, 9.17) is 10.5 Å². The molecule has 0 bridgehead atoms. The normalized spacial score (nSPS) is 24.0. The Kier molecular flexibility index (Phi) is 4.88. The molecule has 0 aromatic carbocycles. The van der Waals surface area contributed by atoms with E-state index in [0.717, 1.165) is 11.3 Å². The molecule has 0 radical (unpaired) electrons. The van der Waals surface area contributed by atoms with E-state index < -0.39 is 10.0 Å². The molecule has 11 heteroatoms. The largest absolute Gasteiger partial charge is 0.371 e. The van der Waals surface area contributed by atoms with Gasteiger partial charge in [0.15, 0.2) is 0 Å². The summed E-state index contributed by atoms with van der Waals surface area (Å²) in [5, 5.41) is 9.85. The molecule has 1 aromatic heterocycles. The molecule has 2 atom stereocenters.